The Hall–Kier alpha value is -3.75. The van der Waals surface area contributed by atoms with E-state index in [1.807, 2.05) is 0 Å². The summed E-state index contributed by atoms with van der Waals surface area (Å²) in [5.41, 5.74) is 0.697. The second-order valence-corrected chi connectivity index (χ2v) is 6.17. The molecular weight excluding hydrogens is 392 g/mol. The average molecular weight is 416 g/mol. The molecule has 0 saturated carbocycles. The maximum absolute atomic E-state index is 12.3. The largest absolute Gasteiger partial charge is 0.497 e. The van der Waals surface area contributed by atoms with E-state index in [2.05, 4.69) is 5.32 Å². The van der Waals surface area contributed by atoms with Crippen LogP contribution in [0.15, 0.2) is 42.5 Å². The van der Waals surface area contributed by atoms with Crippen LogP contribution in [-0.2, 0) is 14.3 Å². The second kappa shape index (κ2) is 10.7. The Morgan fingerprint density at radius 3 is 2.30 bits per heavy atom. The van der Waals surface area contributed by atoms with E-state index >= 15 is 0 Å². The van der Waals surface area contributed by atoms with E-state index in [9.17, 15) is 14.4 Å². The third kappa shape index (κ3) is 6.13. The average Bonchev–Trinajstić information content (AvgIpc) is 2.76. The normalized spacial score (nSPS) is 10.0. The summed E-state index contributed by atoms with van der Waals surface area (Å²) in [5.74, 6) is -0.284. The van der Waals surface area contributed by atoms with Crippen molar-refractivity contribution in [1.82, 2.24) is 4.90 Å². The summed E-state index contributed by atoms with van der Waals surface area (Å²) in [4.78, 5) is 37.8. The van der Waals surface area contributed by atoms with Crippen molar-refractivity contribution in [3.63, 3.8) is 0 Å². The fraction of sp³-hybridized carbons (Fsp3) is 0.286. The van der Waals surface area contributed by atoms with Crippen molar-refractivity contribution < 1.29 is 33.3 Å². The summed E-state index contributed by atoms with van der Waals surface area (Å²) in [6.45, 7) is -0.726. The molecule has 0 saturated heterocycles. The standard InChI is InChI=1S/C21H24N2O7/c1-23(12-19(24)22-14-6-5-7-15(10-14)27-2)20(25)13-30-21(26)17-9-8-16(28-3)11-18(17)29-4/h5-11H,12-13H2,1-4H3,(H,22,24). The van der Waals surface area contributed by atoms with Gasteiger partial charge in [0.05, 0.1) is 27.9 Å². The number of nitrogens with one attached hydrogen (secondary N) is 1. The number of esters is 1. The number of likely N-dealkylation sites (N-methyl/N-ethyl adjacent to an activating group) is 1. The molecule has 9 heteroatoms. The minimum Gasteiger partial charge on any atom is -0.497 e. The molecular formula is C21H24N2O7. The van der Waals surface area contributed by atoms with Crippen molar-refractivity contribution in [2.24, 2.45) is 0 Å². The van der Waals surface area contributed by atoms with E-state index in [0.717, 1.165) is 4.90 Å². The number of hydrogen-bond acceptors (Lipinski definition) is 7. The number of ether oxygens (including phenoxy) is 4. The first-order valence-electron chi connectivity index (χ1n) is 8.95. The van der Waals surface area contributed by atoms with Crippen LogP contribution in [0.4, 0.5) is 5.69 Å². The Kier molecular flexibility index (Phi) is 8.04. The SMILES string of the molecule is COc1cccc(NC(=O)CN(C)C(=O)COC(=O)c2ccc(OC)cc2OC)c1. The van der Waals surface area contributed by atoms with Crippen LogP contribution in [0.5, 0.6) is 17.2 Å². The first kappa shape index (κ1) is 22.5. The molecule has 0 unspecified atom stereocenters. The van der Waals surface area contributed by atoms with E-state index < -0.39 is 24.4 Å². The number of rotatable bonds is 9. The lowest BCUT2D eigenvalue weighted by molar-refractivity contribution is -0.136. The lowest BCUT2D eigenvalue weighted by Crippen LogP contribution is -2.37. The van der Waals surface area contributed by atoms with Gasteiger partial charge in [-0.05, 0) is 24.3 Å². The van der Waals surface area contributed by atoms with E-state index in [4.69, 9.17) is 18.9 Å². The first-order chi connectivity index (χ1) is 14.4. The van der Waals surface area contributed by atoms with Gasteiger partial charge in [-0.2, -0.15) is 0 Å². The Balaban J connectivity index is 1.88. The highest BCUT2D eigenvalue weighted by atomic mass is 16.5. The molecule has 0 bridgehead atoms. The fourth-order valence-corrected chi connectivity index (χ4v) is 2.49. The van der Waals surface area contributed by atoms with Crippen molar-refractivity contribution >= 4 is 23.5 Å². The number of carbonyl (C=O) groups is 3. The van der Waals surface area contributed by atoms with Gasteiger partial charge >= 0.3 is 5.97 Å². The zero-order chi connectivity index (χ0) is 22.1. The predicted molar refractivity (Wildman–Crippen MR) is 109 cm³/mol. The molecule has 0 fully saturated rings. The van der Waals surface area contributed by atoms with Gasteiger partial charge in [-0.25, -0.2) is 4.79 Å². The van der Waals surface area contributed by atoms with Gasteiger partial charge in [-0.15, -0.1) is 0 Å². The lowest BCUT2D eigenvalue weighted by atomic mass is 10.2. The highest BCUT2D eigenvalue weighted by Gasteiger charge is 2.19. The maximum atomic E-state index is 12.3. The van der Waals surface area contributed by atoms with E-state index in [0.29, 0.717) is 17.2 Å². The molecule has 0 aliphatic heterocycles. The van der Waals surface area contributed by atoms with Gasteiger partial charge in [0, 0.05) is 24.9 Å². The quantitative estimate of drug-likeness (QED) is 0.623. The molecule has 30 heavy (non-hydrogen) atoms. The Morgan fingerprint density at radius 2 is 1.63 bits per heavy atom. The van der Waals surface area contributed by atoms with Crippen LogP contribution in [0.2, 0.25) is 0 Å². The summed E-state index contributed by atoms with van der Waals surface area (Å²) >= 11 is 0. The summed E-state index contributed by atoms with van der Waals surface area (Å²) in [7, 11) is 5.86. The summed E-state index contributed by atoms with van der Waals surface area (Å²) in [6, 6.07) is 11.4. The maximum Gasteiger partial charge on any atom is 0.342 e. The number of carbonyl (C=O) groups excluding carboxylic acids is 3. The number of methoxy groups -OCH3 is 3. The van der Waals surface area contributed by atoms with Crippen molar-refractivity contribution in [3.05, 3.63) is 48.0 Å². The van der Waals surface area contributed by atoms with Crippen molar-refractivity contribution in [2.45, 2.75) is 0 Å². The molecule has 9 nitrogen and oxygen atoms in total. The zero-order valence-electron chi connectivity index (χ0n) is 17.3. The molecule has 0 atom stereocenters. The van der Waals surface area contributed by atoms with E-state index in [1.54, 1.807) is 30.3 Å². The molecule has 0 heterocycles. The number of benzene rings is 2. The first-order valence-corrected chi connectivity index (χ1v) is 8.95. The Labute approximate surface area is 174 Å². The molecule has 0 spiro atoms. The van der Waals surface area contributed by atoms with E-state index in [-0.39, 0.29) is 17.9 Å². The minimum absolute atomic E-state index is 0.157. The predicted octanol–water partition coefficient (Wildman–Crippen LogP) is 1.97. The van der Waals surface area contributed by atoms with Crippen LogP contribution < -0.4 is 19.5 Å². The van der Waals surface area contributed by atoms with Gasteiger partial charge in [-0.3, -0.25) is 9.59 Å². The van der Waals surface area contributed by atoms with Gasteiger partial charge in [0.1, 0.15) is 22.8 Å². The Morgan fingerprint density at radius 1 is 0.933 bits per heavy atom. The lowest BCUT2D eigenvalue weighted by Gasteiger charge is -2.17. The van der Waals surface area contributed by atoms with Crippen LogP contribution in [0.25, 0.3) is 0 Å². The van der Waals surface area contributed by atoms with Crippen LogP contribution in [0.1, 0.15) is 10.4 Å². The summed E-state index contributed by atoms with van der Waals surface area (Å²) < 4.78 is 20.4. The molecule has 2 rings (SSSR count). The molecule has 0 aromatic heterocycles. The molecule has 2 amide bonds. The van der Waals surface area contributed by atoms with Crippen LogP contribution in [-0.4, -0.2) is 64.2 Å². The third-order valence-electron chi connectivity index (χ3n) is 4.12. The van der Waals surface area contributed by atoms with Gasteiger partial charge in [-0.1, -0.05) is 6.07 Å². The van der Waals surface area contributed by atoms with E-state index in [1.165, 1.54) is 40.5 Å². The van der Waals surface area contributed by atoms with Crippen LogP contribution in [0, 0.1) is 0 Å². The summed E-state index contributed by atoms with van der Waals surface area (Å²) in [5, 5.41) is 2.67. The number of amides is 2. The second-order valence-electron chi connectivity index (χ2n) is 6.17. The minimum atomic E-state index is -0.725. The molecule has 2 aromatic rings. The highest BCUT2D eigenvalue weighted by molar-refractivity contribution is 5.96. The molecule has 0 aliphatic rings. The molecule has 1 N–H and O–H groups in total. The fourth-order valence-electron chi connectivity index (χ4n) is 2.49. The molecule has 0 radical (unpaired) electrons. The molecule has 0 aliphatic carbocycles. The van der Waals surface area contributed by atoms with Crippen molar-refractivity contribution in [3.8, 4) is 17.2 Å². The number of anilines is 1. The van der Waals surface area contributed by atoms with Gasteiger partial charge in [0.15, 0.2) is 6.61 Å². The van der Waals surface area contributed by atoms with Crippen LogP contribution in [0.3, 0.4) is 0 Å². The van der Waals surface area contributed by atoms with Crippen LogP contribution >= 0.6 is 0 Å². The third-order valence-corrected chi connectivity index (χ3v) is 4.12. The molecule has 2 aromatic carbocycles. The summed E-state index contributed by atoms with van der Waals surface area (Å²) in [6.07, 6.45) is 0. The highest BCUT2D eigenvalue weighted by Crippen LogP contribution is 2.25. The van der Waals surface area contributed by atoms with Gasteiger partial charge in [0.2, 0.25) is 5.91 Å². The van der Waals surface area contributed by atoms with Gasteiger partial charge < -0.3 is 29.2 Å². The monoisotopic (exact) mass is 416 g/mol. The van der Waals surface area contributed by atoms with Crippen molar-refractivity contribution in [2.75, 3.05) is 46.8 Å². The number of hydrogen-bond donors (Lipinski definition) is 1. The Bertz CT molecular complexity index is 914. The topological polar surface area (TPSA) is 103 Å². The van der Waals surface area contributed by atoms with Crippen molar-refractivity contribution in [1.29, 1.82) is 0 Å². The van der Waals surface area contributed by atoms with Gasteiger partial charge in [0.25, 0.3) is 5.91 Å². The number of nitrogens with zero attached hydrogens (tertiary/aromatic N) is 1. The smallest absolute Gasteiger partial charge is 0.342 e. The zero-order valence-corrected chi connectivity index (χ0v) is 17.3. The molecule has 160 valence electrons.